The molecule has 0 radical (unpaired) electrons. The molecule has 14 heavy (non-hydrogen) atoms. The van der Waals surface area contributed by atoms with Crippen LogP contribution in [0.4, 0.5) is 0 Å². The average molecular weight is 213 g/mol. The molecule has 86 valence electrons. The molecule has 9 N–H and O–H groups in total. The molecule has 0 saturated carbocycles. The highest BCUT2D eigenvalue weighted by molar-refractivity contribution is 4.97. The first-order valence-electron chi connectivity index (χ1n) is 3.73. The highest BCUT2D eigenvalue weighted by Crippen LogP contribution is 2.24. The van der Waals surface area contributed by atoms with Gasteiger partial charge in [0.25, 0.3) is 0 Å². The molecule has 1 fully saturated rings. The molecule has 1 unspecified atom stereocenters. The van der Waals surface area contributed by atoms with Crippen molar-refractivity contribution < 1.29 is 35.7 Å². The smallest absolute Gasteiger partial charge is 0.185 e. The summed E-state index contributed by atoms with van der Waals surface area (Å²) in [5.41, 5.74) is 2.74. The van der Waals surface area contributed by atoms with Crippen molar-refractivity contribution in [3.8, 4) is 0 Å². The predicted octanol–water partition coefficient (Wildman–Crippen LogP) is -4.76. The number of nitrogens with two attached hydrogens (primary N) is 1. The molecule has 0 aromatic carbocycles. The minimum atomic E-state index is -2.38. The standard InChI is InChI=1S/C6H13NO6.H2O/c7-6(12)3(9)2(1-8)13-5(11)4(6)10;/h2-5,8-12H,1,7H2;1H2/t2-,3+,4+,5?,6+;/m1./s1. The van der Waals surface area contributed by atoms with Crippen molar-refractivity contribution in [2.24, 2.45) is 5.73 Å². The lowest BCUT2D eigenvalue weighted by Crippen LogP contribution is -2.71. The molecule has 8 heteroatoms. The third-order valence-electron chi connectivity index (χ3n) is 2.06. The highest BCUT2D eigenvalue weighted by Gasteiger charge is 2.52. The maximum absolute atomic E-state index is 9.31. The predicted molar refractivity (Wildman–Crippen MR) is 42.7 cm³/mol. The summed E-state index contributed by atoms with van der Waals surface area (Å²) in [5, 5.41) is 45.3. The third kappa shape index (κ3) is 2.02. The van der Waals surface area contributed by atoms with E-state index in [-0.39, 0.29) is 5.48 Å². The van der Waals surface area contributed by atoms with Gasteiger partial charge in [-0.2, -0.15) is 0 Å². The van der Waals surface area contributed by atoms with Gasteiger partial charge < -0.3 is 35.7 Å². The van der Waals surface area contributed by atoms with Gasteiger partial charge in [0.15, 0.2) is 12.0 Å². The Morgan fingerprint density at radius 3 is 2.14 bits per heavy atom. The minimum absolute atomic E-state index is 0. The van der Waals surface area contributed by atoms with E-state index in [2.05, 4.69) is 4.74 Å². The van der Waals surface area contributed by atoms with E-state index in [1.807, 2.05) is 0 Å². The maximum atomic E-state index is 9.31. The Balaban J connectivity index is 0.00000169. The van der Waals surface area contributed by atoms with Crippen molar-refractivity contribution in [2.75, 3.05) is 6.61 Å². The highest BCUT2D eigenvalue weighted by atomic mass is 16.6. The van der Waals surface area contributed by atoms with E-state index in [1.54, 1.807) is 0 Å². The number of ether oxygens (including phenoxy) is 1. The topological polar surface area (TPSA) is 168 Å². The summed E-state index contributed by atoms with van der Waals surface area (Å²) in [7, 11) is 0. The lowest BCUT2D eigenvalue weighted by Gasteiger charge is -2.43. The monoisotopic (exact) mass is 213 g/mol. The zero-order valence-corrected chi connectivity index (χ0v) is 7.24. The second-order valence-corrected chi connectivity index (χ2v) is 3.02. The number of hydrogen-bond donors (Lipinski definition) is 6. The largest absolute Gasteiger partial charge is 0.412 e. The summed E-state index contributed by atoms with van der Waals surface area (Å²) in [4.78, 5) is 0. The molecule has 5 atom stereocenters. The van der Waals surface area contributed by atoms with E-state index >= 15 is 0 Å². The zero-order chi connectivity index (χ0) is 10.2. The first kappa shape index (κ1) is 13.7. The number of aliphatic hydroxyl groups is 5. The van der Waals surface area contributed by atoms with Crippen LogP contribution in [0.25, 0.3) is 0 Å². The van der Waals surface area contributed by atoms with E-state index in [9.17, 15) is 10.2 Å². The number of hydrogen-bond acceptors (Lipinski definition) is 7. The van der Waals surface area contributed by atoms with Gasteiger partial charge in [-0.15, -0.1) is 0 Å². The fourth-order valence-corrected chi connectivity index (χ4v) is 1.17. The van der Waals surface area contributed by atoms with E-state index in [1.165, 1.54) is 0 Å². The Hall–Kier alpha value is -0.320. The lowest BCUT2D eigenvalue weighted by atomic mass is 9.93. The second kappa shape index (κ2) is 4.47. The Morgan fingerprint density at radius 1 is 1.21 bits per heavy atom. The number of rotatable bonds is 1. The Bertz CT molecular complexity index is 187. The van der Waals surface area contributed by atoms with Crippen LogP contribution in [0, 0.1) is 0 Å². The number of aliphatic hydroxyl groups excluding tert-OH is 4. The van der Waals surface area contributed by atoms with Gasteiger partial charge in [0, 0.05) is 0 Å². The summed E-state index contributed by atoms with van der Waals surface area (Å²) in [5.74, 6) is 0. The molecule has 0 bridgehead atoms. The summed E-state index contributed by atoms with van der Waals surface area (Å²) in [6.45, 7) is -0.621. The van der Waals surface area contributed by atoms with Gasteiger partial charge >= 0.3 is 0 Å². The quantitative estimate of drug-likeness (QED) is 0.237. The molecule has 1 aliphatic rings. The van der Waals surface area contributed by atoms with E-state index in [4.69, 9.17) is 21.1 Å². The second-order valence-electron chi connectivity index (χ2n) is 3.02. The summed E-state index contributed by atoms with van der Waals surface area (Å²) in [6.07, 6.45) is -6.41. The zero-order valence-electron chi connectivity index (χ0n) is 7.24. The van der Waals surface area contributed by atoms with Gasteiger partial charge in [0.05, 0.1) is 6.61 Å². The SMILES string of the molecule is N[C@@]1(O)[C@@H](O)C(O)O[C@H](CO)[C@@H]1O.O. The Kier molecular flexibility index (Phi) is 4.36. The first-order chi connectivity index (χ1) is 5.91. The van der Waals surface area contributed by atoms with Gasteiger partial charge in [-0.3, -0.25) is 5.73 Å². The van der Waals surface area contributed by atoms with Gasteiger partial charge in [-0.05, 0) is 0 Å². The van der Waals surface area contributed by atoms with Crippen LogP contribution in [0.5, 0.6) is 0 Å². The molecule has 1 aliphatic heterocycles. The summed E-state index contributed by atoms with van der Waals surface area (Å²) < 4.78 is 4.56. The third-order valence-corrected chi connectivity index (χ3v) is 2.06. The average Bonchev–Trinajstić information content (AvgIpc) is 2.09. The maximum Gasteiger partial charge on any atom is 0.185 e. The van der Waals surface area contributed by atoms with Crippen molar-refractivity contribution in [3.05, 3.63) is 0 Å². The molecular weight excluding hydrogens is 198 g/mol. The molecule has 8 nitrogen and oxygen atoms in total. The van der Waals surface area contributed by atoms with Crippen molar-refractivity contribution in [1.82, 2.24) is 0 Å². The molecular formula is C6H15NO7. The first-order valence-corrected chi connectivity index (χ1v) is 3.73. The van der Waals surface area contributed by atoms with Gasteiger partial charge in [-0.25, -0.2) is 0 Å². The van der Waals surface area contributed by atoms with Crippen LogP contribution in [0.1, 0.15) is 0 Å². The lowest BCUT2D eigenvalue weighted by molar-refractivity contribution is -0.320. The molecule has 1 rings (SSSR count). The Labute approximate surface area is 79.5 Å². The van der Waals surface area contributed by atoms with Crippen molar-refractivity contribution in [2.45, 2.75) is 30.3 Å². The molecule has 1 heterocycles. The van der Waals surface area contributed by atoms with Gasteiger partial charge in [-0.1, -0.05) is 0 Å². The normalized spacial score (nSPS) is 48.4. The fraction of sp³-hybridized carbons (Fsp3) is 1.00. The molecule has 0 amide bonds. The van der Waals surface area contributed by atoms with Crippen LogP contribution in [-0.4, -0.2) is 67.9 Å². The fourth-order valence-electron chi connectivity index (χ4n) is 1.17. The van der Waals surface area contributed by atoms with Crippen LogP contribution in [0.15, 0.2) is 0 Å². The summed E-state index contributed by atoms with van der Waals surface area (Å²) >= 11 is 0. The van der Waals surface area contributed by atoms with Crippen LogP contribution in [0.2, 0.25) is 0 Å². The van der Waals surface area contributed by atoms with E-state index in [0.29, 0.717) is 0 Å². The van der Waals surface area contributed by atoms with Crippen LogP contribution in [0.3, 0.4) is 0 Å². The van der Waals surface area contributed by atoms with E-state index in [0.717, 1.165) is 0 Å². The minimum Gasteiger partial charge on any atom is -0.412 e. The molecule has 0 aromatic rings. The molecule has 1 saturated heterocycles. The van der Waals surface area contributed by atoms with Gasteiger partial charge in [0.2, 0.25) is 0 Å². The molecule has 0 aromatic heterocycles. The van der Waals surface area contributed by atoms with Crippen molar-refractivity contribution in [1.29, 1.82) is 0 Å². The molecule has 0 spiro atoms. The van der Waals surface area contributed by atoms with Crippen LogP contribution >= 0.6 is 0 Å². The van der Waals surface area contributed by atoms with Crippen LogP contribution < -0.4 is 5.73 Å². The van der Waals surface area contributed by atoms with Gasteiger partial charge in [0.1, 0.15) is 18.3 Å². The summed E-state index contributed by atoms with van der Waals surface area (Å²) in [6, 6.07) is 0. The molecule has 0 aliphatic carbocycles. The van der Waals surface area contributed by atoms with Crippen molar-refractivity contribution >= 4 is 0 Å². The van der Waals surface area contributed by atoms with Crippen LogP contribution in [-0.2, 0) is 4.74 Å². The Morgan fingerprint density at radius 2 is 1.71 bits per heavy atom. The van der Waals surface area contributed by atoms with Crippen molar-refractivity contribution in [3.63, 3.8) is 0 Å². The van der Waals surface area contributed by atoms with E-state index < -0.39 is 36.9 Å².